The quantitative estimate of drug-likeness (QED) is 0.631. The van der Waals surface area contributed by atoms with Crippen molar-refractivity contribution in [2.24, 2.45) is 0 Å². The van der Waals surface area contributed by atoms with Gasteiger partial charge in [0.15, 0.2) is 6.61 Å². The minimum atomic E-state index is -3.90. The number of hydrogen-bond donors (Lipinski definition) is 1. The number of aryl methyl sites for hydroxylation is 1. The van der Waals surface area contributed by atoms with Gasteiger partial charge in [-0.1, -0.05) is 23.7 Å². The van der Waals surface area contributed by atoms with E-state index >= 15 is 0 Å². The zero-order chi connectivity index (χ0) is 22.6. The molecule has 1 aliphatic rings. The summed E-state index contributed by atoms with van der Waals surface area (Å²) in [6, 6.07) is 9.28. The van der Waals surface area contributed by atoms with Crippen LogP contribution >= 0.6 is 11.6 Å². The maximum atomic E-state index is 13.6. The molecule has 1 N–H and O–H groups in total. The van der Waals surface area contributed by atoms with E-state index in [2.05, 4.69) is 5.32 Å². The highest BCUT2D eigenvalue weighted by Crippen LogP contribution is 2.27. The number of benzene rings is 2. The highest BCUT2D eigenvalue weighted by Gasteiger charge is 2.40. The van der Waals surface area contributed by atoms with E-state index in [0.29, 0.717) is 29.0 Å². The fourth-order valence-electron chi connectivity index (χ4n) is 3.24. The Balaban J connectivity index is 1.56. The summed E-state index contributed by atoms with van der Waals surface area (Å²) in [5, 5.41) is 2.94. The molecule has 0 bridgehead atoms. The van der Waals surface area contributed by atoms with E-state index in [1.165, 1.54) is 30.3 Å². The molecule has 0 unspecified atom stereocenters. The second-order valence-corrected chi connectivity index (χ2v) is 9.52. The summed E-state index contributed by atoms with van der Waals surface area (Å²) < 4.78 is 45.4. The molecule has 0 radical (unpaired) electrons. The van der Waals surface area contributed by atoms with Gasteiger partial charge in [0, 0.05) is 18.1 Å². The number of nitrogens with zero attached hydrogens (tertiary/aromatic N) is 1. The van der Waals surface area contributed by atoms with E-state index in [1.807, 2.05) is 0 Å². The smallest absolute Gasteiger partial charge is 0.324 e. The van der Waals surface area contributed by atoms with Crippen LogP contribution < -0.4 is 5.32 Å². The predicted molar refractivity (Wildman–Crippen MR) is 112 cm³/mol. The minimum Gasteiger partial charge on any atom is -0.454 e. The van der Waals surface area contributed by atoms with Crippen LogP contribution in [-0.4, -0.2) is 43.8 Å². The average molecular weight is 469 g/mol. The summed E-state index contributed by atoms with van der Waals surface area (Å²) in [6.07, 6.45) is 0.799. The fraction of sp³-hybridized carbons (Fsp3) is 0.333. The Morgan fingerprint density at radius 2 is 1.94 bits per heavy atom. The van der Waals surface area contributed by atoms with Crippen molar-refractivity contribution < 1.29 is 27.1 Å². The van der Waals surface area contributed by atoms with Crippen molar-refractivity contribution in [1.82, 2.24) is 9.62 Å². The summed E-state index contributed by atoms with van der Waals surface area (Å²) in [7, 11) is -3.90. The number of ether oxygens (including phenoxy) is 1. The van der Waals surface area contributed by atoms with Gasteiger partial charge >= 0.3 is 5.97 Å². The molecule has 2 aromatic carbocycles. The highest BCUT2D eigenvalue weighted by molar-refractivity contribution is 7.89. The molecule has 3 rings (SSSR count). The summed E-state index contributed by atoms with van der Waals surface area (Å²) in [5.41, 5.74) is 1.07. The lowest BCUT2D eigenvalue weighted by molar-refractivity contribution is -0.151. The van der Waals surface area contributed by atoms with E-state index in [4.69, 9.17) is 16.3 Å². The number of rotatable bonds is 7. The molecule has 1 atom stereocenters. The Kier molecular flexibility index (Phi) is 7.30. The topological polar surface area (TPSA) is 92.8 Å². The molecule has 1 aliphatic heterocycles. The molecule has 1 heterocycles. The van der Waals surface area contributed by atoms with Crippen LogP contribution in [0, 0.1) is 12.7 Å². The molecule has 7 nitrogen and oxygen atoms in total. The van der Waals surface area contributed by atoms with E-state index in [-0.39, 0.29) is 23.8 Å². The van der Waals surface area contributed by atoms with Gasteiger partial charge in [-0.05, 0) is 61.2 Å². The number of nitrogens with one attached hydrogen (secondary N) is 1. The molecule has 1 saturated heterocycles. The van der Waals surface area contributed by atoms with Crippen LogP contribution in [0.3, 0.4) is 0 Å². The Labute approximate surface area is 185 Å². The first-order valence-corrected chi connectivity index (χ1v) is 11.5. The van der Waals surface area contributed by atoms with Gasteiger partial charge in [-0.25, -0.2) is 12.8 Å². The van der Waals surface area contributed by atoms with Gasteiger partial charge in [-0.2, -0.15) is 4.31 Å². The first-order chi connectivity index (χ1) is 14.7. The summed E-state index contributed by atoms with van der Waals surface area (Å²) in [5.74, 6) is -1.73. The fourth-order valence-corrected chi connectivity index (χ4v) is 5.01. The zero-order valence-electron chi connectivity index (χ0n) is 16.8. The van der Waals surface area contributed by atoms with Crippen LogP contribution in [0.1, 0.15) is 24.0 Å². The Bertz CT molecular complexity index is 1080. The van der Waals surface area contributed by atoms with E-state index < -0.39 is 34.5 Å². The third-order valence-corrected chi connectivity index (χ3v) is 7.14. The third kappa shape index (κ3) is 5.61. The van der Waals surface area contributed by atoms with Gasteiger partial charge in [0.05, 0.1) is 4.90 Å². The molecular formula is C21H22ClFN2O5S. The average Bonchev–Trinajstić information content (AvgIpc) is 3.24. The molecular weight excluding hydrogens is 447 g/mol. The molecule has 0 spiro atoms. The standard InChI is InChI=1S/C21H22ClFN2O5S/c1-14-4-5-15(11-18(14)23)12-24-20(26)13-30-21(27)19-3-2-10-25(19)31(28,29)17-8-6-16(22)7-9-17/h4-9,11,19H,2-3,10,12-13H2,1H3,(H,24,26)/t19-/m0/s1. The van der Waals surface area contributed by atoms with Gasteiger partial charge < -0.3 is 10.1 Å². The van der Waals surface area contributed by atoms with Crippen LogP contribution in [0.2, 0.25) is 5.02 Å². The number of carbonyl (C=O) groups excluding carboxylic acids is 2. The van der Waals surface area contributed by atoms with Crippen molar-refractivity contribution in [3.63, 3.8) is 0 Å². The van der Waals surface area contributed by atoms with Crippen molar-refractivity contribution in [2.45, 2.75) is 37.2 Å². The van der Waals surface area contributed by atoms with Crippen molar-refractivity contribution in [3.05, 3.63) is 64.4 Å². The molecule has 166 valence electrons. The molecule has 10 heteroatoms. The van der Waals surface area contributed by atoms with Gasteiger partial charge in [0.25, 0.3) is 5.91 Å². The minimum absolute atomic E-state index is 0.0275. The summed E-state index contributed by atoms with van der Waals surface area (Å²) in [4.78, 5) is 24.5. The molecule has 2 aromatic rings. The zero-order valence-corrected chi connectivity index (χ0v) is 18.4. The van der Waals surface area contributed by atoms with Gasteiger partial charge in [0.1, 0.15) is 11.9 Å². The number of halogens is 2. The van der Waals surface area contributed by atoms with Crippen LogP contribution in [0.4, 0.5) is 4.39 Å². The maximum absolute atomic E-state index is 13.6. The number of sulfonamides is 1. The number of amides is 1. The lowest BCUT2D eigenvalue weighted by Crippen LogP contribution is -2.42. The molecule has 31 heavy (non-hydrogen) atoms. The lowest BCUT2D eigenvalue weighted by Gasteiger charge is -2.22. The molecule has 1 amide bonds. The Morgan fingerprint density at radius 1 is 1.23 bits per heavy atom. The van der Waals surface area contributed by atoms with Crippen LogP contribution in [0.5, 0.6) is 0 Å². The van der Waals surface area contributed by atoms with Gasteiger partial charge in [-0.3, -0.25) is 9.59 Å². The second-order valence-electron chi connectivity index (χ2n) is 7.20. The largest absolute Gasteiger partial charge is 0.454 e. The second kappa shape index (κ2) is 9.76. The van der Waals surface area contributed by atoms with Crippen molar-refractivity contribution in [1.29, 1.82) is 0 Å². The Hall–Kier alpha value is -2.49. The highest BCUT2D eigenvalue weighted by atomic mass is 35.5. The predicted octanol–water partition coefficient (Wildman–Crippen LogP) is 2.80. The molecule has 0 aromatic heterocycles. The van der Waals surface area contributed by atoms with Crippen molar-refractivity contribution >= 4 is 33.5 Å². The van der Waals surface area contributed by atoms with Crippen LogP contribution in [-0.2, 0) is 30.9 Å². The number of hydrogen-bond acceptors (Lipinski definition) is 5. The van der Waals surface area contributed by atoms with E-state index in [1.54, 1.807) is 19.1 Å². The van der Waals surface area contributed by atoms with Crippen molar-refractivity contribution in [3.8, 4) is 0 Å². The van der Waals surface area contributed by atoms with Crippen molar-refractivity contribution in [2.75, 3.05) is 13.2 Å². The normalized spacial score (nSPS) is 16.8. The van der Waals surface area contributed by atoms with Gasteiger partial charge in [-0.15, -0.1) is 0 Å². The lowest BCUT2D eigenvalue weighted by atomic mass is 10.1. The third-order valence-electron chi connectivity index (χ3n) is 4.97. The first-order valence-electron chi connectivity index (χ1n) is 9.64. The van der Waals surface area contributed by atoms with E-state index in [0.717, 1.165) is 4.31 Å². The summed E-state index contributed by atoms with van der Waals surface area (Å²) >= 11 is 5.81. The van der Waals surface area contributed by atoms with Gasteiger partial charge in [0.2, 0.25) is 10.0 Å². The monoisotopic (exact) mass is 468 g/mol. The van der Waals surface area contributed by atoms with Crippen LogP contribution in [0.15, 0.2) is 47.4 Å². The number of carbonyl (C=O) groups is 2. The molecule has 0 saturated carbocycles. The SMILES string of the molecule is Cc1ccc(CNC(=O)COC(=O)[C@@H]2CCCN2S(=O)(=O)c2ccc(Cl)cc2)cc1F. The van der Waals surface area contributed by atoms with Crippen LogP contribution in [0.25, 0.3) is 0 Å². The molecule has 0 aliphatic carbocycles. The van der Waals surface area contributed by atoms with E-state index in [9.17, 15) is 22.4 Å². The summed E-state index contributed by atoms with van der Waals surface area (Å²) in [6.45, 7) is 1.33. The first kappa shape index (κ1) is 23.2. The maximum Gasteiger partial charge on any atom is 0.324 e. The molecule has 1 fully saturated rings. The Morgan fingerprint density at radius 3 is 2.61 bits per heavy atom. The number of esters is 1.